The molecule has 0 aromatic rings. The largest absolute Gasteiger partial charge is 4.00 e. The standard InChI is InChI=1S/C2H8N2.Pt/c3-1-2-4;/h1-4H2;/q;+4. The second-order valence-corrected chi connectivity index (χ2v) is 0.577. The number of hydrogen-bond donors (Lipinski definition) is 2. The first-order chi connectivity index (χ1) is 1.91. The van der Waals surface area contributed by atoms with Gasteiger partial charge in [-0.3, -0.25) is 0 Å². The fraction of sp³-hybridized carbons (Fsp3) is 1.00. The van der Waals surface area contributed by atoms with Gasteiger partial charge in [0, 0.05) is 13.1 Å². The van der Waals surface area contributed by atoms with E-state index in [0.717, 1.165) is 0 Å². The van der Waals surface area contributed by atoms with E-state index in [1.807, 2.05) is 0 Å². The second kappa shape index (κ2) is 8.82. The van der Waals surface area contributed by atoms with Crippen LogP contribution in [-0.2, 0) is 21.1 Å². The summed E-state index contributed by atoms with van der Waals surface area (Å²) in [7, 11) is 0. The van der Waals surface area contributed by atoms with Gasteiger partial charge in [-0.2, -0.15) is 0 Å². The molecule has 0 spiro atoms. The first kappa shape index (κ1) is 9.15. The van der Waals surface area contributed by atoms with Gasteiger partial charge in [-0.15, -0.1) is 0 Å². The van der Waals surface area contributed by atoms with Crippen LogP contribution in [-0.4, -0.2) is 13.1 Å². The molecule has 5 heavy (non-hydrogen) atoms. The zero-order valence-electron chi connectivity index (χ0n) is 2.89. The quantitative estimate of drug-likeness (QED) is 0.625. The molecule has 0 aliphatic carbocycles. The van der Waals surface area contributed by atoms with E-state index in [-0.39, 0.29) is 21.1 Å². The molecule has 3 heteroatoms. The third kappa shape index (κ3) is 12.1. The summed E-state index contributed by atoms with van der Waals surface area (Å²) in [6.45, 7) is 1.19. The van der Waals surface area contributed by atoms with E-state index in [2.05, 4.69) is 0 Å². The van der Waals surface area contributed by atoms with Crippen LogP contribution >= 0.6 is 0 Å². The van der Waals surface area contributed by atoms with E-state index in [9.17, 15) is 0 Å². The van der Waals surface area contributed by atoms with Crippen LogP contribution in [0, 0.1) is 0 Å². The van der Waals surface area contributed by atoms with E-state index in [4.69, 9.17) is 11.5 Å². The van der Waals surface area contributed by atoms with Crippen molar-refractivity contribution in [1.82, 2.24) is 0 Å². The van der Waals surface area contributed by atoms with E-state index >= 15 is 0 Å². The van der Waals surface area contributed by atoms with Crippen LogP contribution in [0.1, 0.15) is 0 Å². The van der Waals surface area contributed by atoms with E-state index in [1.54, 1.807) is 0 Å². The number of rotatable bonds is 1. The average Bonchev–Trinajstić information content (AvgIpc) is 1.37. The van der Waals surface area contributed by atoms with Gasteiger partial charge in [-0.1, -0.05) is 0 Å². The van der Waals surface area contributed by atoms with Crippen LogP contribution in [0.25, 0.3) is 0 Å². The molecule has 0 saturated heterocycles. The van der Waals surface area contributed by atoms with Crippen molar-refractivity contribution in [1.29, 1.82) is 0 Å². The first-order valence-corrected chi connectivity index (χ1v) is 1.32. The van der Waals surface area contributed by atoms with Crippen LogP contribution < -0.4 is 11.5 Å². The minimum Gasteiger partial charge on any atom is -0.329 e. The van der Waals surface area contributed by atoms with Gasteiger partial charge in [0.2, 0.25) is 0 Å². The maximum atomic E-state index is 4.90. The molecule has 2 nitrogen and oxygen atoms in total. The minimum absolute atomic E-state index is 0. The maximum Gasteiger partial charge on any atom is 4.00 e. The van der Waals surface area contributed by atoms with Crippen molar-refractivity contribution in [2.75, 3.05) is 13.1 Å². The molecule has 0 unspecified atom stereocenters. The summed E-state index contributed by atoms with van der Waals surface area (Å²) in [6.07, 6.45) is 0. The molecular formula is C2H8N2Pt+4. The summed E-state index contributed by atoms with van der Waals surface area (Å²) >= 11 is 0. The smallest absolute Gasteiger partial charge is 0.329 e. The zero-order chi connectivity index (χ0) is 3.41. The molecule has 4 N–H and O–H groups in total. The Kier molecular flexibility index (Phi) is 16.1. The summed E-state index contributed by atoms with van der Waals surface area (Å²) in [5.74, 6) is 0. The monoisotopic (exact) mass is 255 g/mol. The first-order valence-electron chi connectivity index (χ1n) is 1.32. The summed E-state index contributed by atoms with van der Waals surface area (Å²) in [5, 5.41) is 0. The Morgan fingerprint density at radius 2 is 1.20 bits per heavy atom. The van der Waals surface area contributed by atoms with Crippen molar-refractivity contribution in [3.63, 3.8) is 0 Å². The Bertz CT molecular complexity index is 9.61. The fourth-order valence-electron chi connectivity index (χ4n) is 0. The molecule has 0 aromatic heterocycles. The Morgan fingerprint density at radius 3 is 1.20 bits per heavy atom. The van der Waals surface area contributed by atoms with Gasteiger partial charge in [0.25, 0.3) is 0 Å². The van der Waals surface area contributed by atoms with Crippen LogP contribution in [0.4, 0.5) is 0 Å². The van der Waals surface area contributed by atoms with Crippen molar-refractivity contribution in [2.45, 2.75) is 0 Å². The Hall–Kier alpha value is 0.608. The Labute approximate surface area is 46.2 Å². The van der Waals surface area contributed by atoms with Crippen LogP contribution in [0.2, 0.25) is 0 Å². The Morgan fingerprint density at radius 1 is 1.00 bits per heavy atom. The van der Waals surface area contributed by atoms with Gasteiger partial charge >= 0.3 is 21.1 Å². The maximum absolute atomic E-state index is 4.90. The SMILES string of the molecule is NCCN.[Pt+4]. The second-order valence-electron chi connectivity index (χ2n) is 0.577. The molecule has 0 rings (SSSR count). The number of nitrogens with two attached hydrogens (primary N) is 2. The van der Waals surface area contributed by atoms with Crippen LogP contribution in [0.5, 0.6) is 0 Å². The molecule has 0 aliphatic heterocycles. The van der Waals surface area contributed by atoms with Crippen LogP contribution in [0.3, 0.4) is 0 Å². The molecule has 0 aromatic carbocycles. The molecule has 0 aliphatic rings. The average molecular weight is 255 g/mol. The summed E-state index contributed by atoms with van der Waals surface area (Å²) < 4.78 is 0. The molecule has 0 saturated carbocycles. The van der Waals surface area contributed by atoms with Crippen molar-refractivity contribution < 1.29 is 21.1 Å². The third-order valence-corrected chi connectivity index (χ3v) is 0.167. The molecule has 32 valence electrons. The van der Waals surface area contributed by atoms with Gasteiger partial charge in [-0.25, -0.2) is 0 Å². The van der Waals surface area contributed by atoms with Gasteiger partial charge in [0.1, 0.15) is 0 Å². The van der Waals surface area contributed by atoms with Crippen LogP contribution in [0.15, 0.2) is 0 Å². The minimum atomic E-state index is 0. The van der Waals surface area contributed by atoms with E-state index in [0.29, 0.717) is 13.1 Å². The van der Waals surface area contributed by atoms with E-state index < -0.39 is 0 Å². The topological polar surface area (TPSA) is 52.0 Å². The molecule has 0 fully saturated rings. The molecule has 0 radical (unpaired) electrons. The van der Waals surface area contributed by atoms with Gasteiger partial charge in [-0.05, 0) is 0 Å². The van der Waals surface area contributed by atoms with Gasteiger partial charge < -0.3 is 11.5 Å². The molecule has 0 bridgehead atoms. The predicted octanol–water partition coefficient (Wildman–Crippen LogP) is -1.10. The van der Waals surface area contributed by atoms with Gasteiger partial charge in [0.15, 0.2) is 0 Å². The zero-order valence-corrected chi connectivity index (χ0v) is 5.16. The molecule has 0 heterocycles. The predicted molar refractivity (Wildman–Crippen MR) is 18.1 cm³/mol. The third-order valence-electron chi connectivity index (χ3n) is 0.167. The normalized spacial score (nSPS) is 6.00. The van der Waals surface area contributed by atoms with Crippen molar-refractivity contribution in [3.05, 3.63) is 0 Å². The summed E-state index contributed by atoms with van der Waals surface area (Å²) in [5.41, 5.74) is 9.81. The Balaban J connectivity index is 0. The van der Waals surface area contributed by atoms with Gasteiger partial charge in [0.05, 0.1) is 0 Å². The molecular weight excluding hydrogens is 247 g/mol. The van der Waals surface area contributed by atoms with Crippen molar-refractivity contribution in [3.8, 4) is 0 Å². The fourth-order valence-corrected chi connectivity index (χ4v) is 0. The summed E-state index contributed by atoms with van der Waals surface area (Å²) in [6, 6.07) is 0. The van der Waals surface area contributed by atoms with Crippen molar-refractivity contribution in [2.24, 2.45) is 11.5 Å². The number of hydrogen-bond acceptors (Lipinski definition) is 2. The van der Waals surface area contributed by atoms with E-state index in [1.165, 1.54) is 0 Å². The molecule has 0 atom stereocenters. The summed E-state index contributed by atoms with van der Waals surface area (Å²) in [4.78, 5) is 0. The van der Waals surface area contributed by atoms with Crippen molar-refractivity contribution >= 4 is 0 Å². The molecule has 0 amide bonds.